The first-order valence-corrected chi connectivity index (χ1v) is 13.6. The molecule has 1 N–H and O–H groups in total. The van der Waals surface area contributed by atoms with Crippen molar-refractivity contribution in [1.29, 1.82) is 0 Å². The zero-order valence-corrected chi connectivity index (χ0v) is 23.4. The van der Waals surface area contributed by atoms with Crippen molar-refractivity contribution < 1.29 is 23.8 Å². The standard InChI is InChI=1S/C26H25ClN4O5S2/c1-15(36-19-11-9-18(34-3)10-12-19)23-29-30-26(31(23)2)38-14-21(32)28-24-22(25(33)35-4)20(13-37-24)16-5-7-17(27)8-6-16/h5-13,15H,14H2,1-4H3,(H,28,32). The number of anilines is 1. The second kappa shape index (κ2) is 12.3. The van der Waals surface area contributed by atoms with Crippen LogP contribution in [0.3, 0.4) is 0 Å². The van der Waals surface area contributed by atoms with Crippen LogP contribution >= 0.6 is 34.7 Å². The van der Waals surface area contributed by atoms with E-state index in [1.165, 1.54) is 30.2 Å². The summed E-state index contributed by atoms with van der Waals surface area (Å²) >= 11 is 8.47. The smallest absolute Gasteiger partial charge is 0.341 e. The number of aromatic nitrogens is 3. The van der Waals surface area contributed by atoms with Crippen molar-refractivity contribution in [3.63, 3.8) is 0 Å². The molecule has 0 spiro atoms. The van der Waals surface area contributed by atoms with E-state index in [-0.39, 0.29) is 17.8 Å². The van der Waals surface area contributed by atoms with Crippen LogP contribution in [0.2, 0.25) is 5.02 Å². The minimum Gasteiger partial charge on any atom is -0.497 e. The van der Waals surface area contributed by atoms with E-state index in [2.05, 4.69) is 15.5 Å². The van der Waals surface area contributed by atoms with Gasteiger partial charge in [0.25, 0.3) is 0 Å². The molecule has 0 saturated carbocycles. The molecule has 12 heteroatoms. The van der Waals surface area contributed by atoms with Crippen LogP contribution in [0.5, 0.6) is 11.5 Å². The van der Waals surface area contributed by atoms with Crippen LogP contribution in [-0.2, 0) is 16.6 Å². The summed E-state index contributed by atoms with van der Waals surface area (Å²) in [6, 6.07) is 14.4. The average Bonchev–Trinajstić information content (AvgIpc) is 3.51. The molecule has 1 atom stereocenters. The SMILES string of the molecule is COC(=O)c1c(-c2ccc(Cl)cc2)csc1NC(=O)CSc1nnc(C(C)Oc2ccc(OC)cc2)n1C. The number of carbonyl (C=O) groups excluding carboxylic acids is 2. The van der Waals surface area contributed by atoms with Gasteiger partial charge in [0.2, 0.25) is 5.91 Å². The minimum absolute atomic E-state index is 0.0640. The van der Waals surface area contributed by atoms with Crippen molar-refractivity contribution in [3.8, 4) is 22.6 Å². The normalized spacial score (nSPS) is 11.6. The third-order valence-corrected chi connectivity index (χ3v) is 7.69. The van der Waals surface area contributed by atoms with Crippen LogP contribution < -0.4 is 14.8 Å². The Bertz CT molecular complexity index is 1420. The van der Waals surface area contributed by atoms with Gasteiger partial charge in [-0.1, -0.05) is 35.5 Å². The van der Waals surface area contributed by atoms with Gasteiger partial charge in [0, 0.05) is 23.0 Å². The molecule has 9 nitrogen and oxygen atoms in total. The summed E-state index contributed by atoms with van der Waals surface area (Å²) in [5.41, 5.74) is 1.74. The molecule has 2 aromatic carbocycles. The molecule has 4 aromatic rings. The molecule has 198 valence electrons. The lowest BCUT2D eigenvalue weighted by atomic mass is 10.0. The van der Waals surface area contributed by atoms with Crippen LogP contribution in [-0.4, -0.2) is 46.6 Å². The van der Waals surface area contributed by atoms with E-state index in [0.29, 0.717) is 37.9 Å². The Morgan fingerprint density at radius 2 is 1.76 bits per heavy atom. The molecule has 0 saturated heterocycles. The van der Waals surface area contributed by atoms with Crippen LogP contribution in [0, 0.1) is 0 Å². The lowest BCUT2D eigenvalue weighted by molar-refractivity contribution is -0.113. The lowest BCUT2D eigenvalue weighted by Crippen LogP contribution is -2.16. The number of rotatable bonds is 10. The number of ether oxygens (including phenoxy) is 3. The zero-order valence-electron chi connectivity index (χ0n) is 21.1. The molecule has 0 aliphatic carbocycles. The number of nitrogens with zero attached hydrogens (tertiary/aromatic N) is 3. The van der Waals surface area contributed by atoms with Crippen LogP contribution in [0.4, 0.5) is 5.00 Å². The largest absolute Gasteiger partial charge is 0.497 e. The van der Waals surface area contributed by atoms with Gasteiger partial charge in [0.15, 0.2) is 17.1 Å². The molecule has 2 aromatic heterocycles. The topological polar surface area (TPSA) is 105 Å². The summed E-state index contributed by atoms with van der Waals surface area (Å²) in [6.07, 6.45) is -0.371. The number of esters is 1. The minimum atomic E-state index is -0.539. The monoisotopic (exact) mass is 572 g/mol. The van der Waals surface area contributed by atoms with Gasteiger partial charge in [-0.25, -0.2) is 4.79 Å². The second-order valence-electron chi connectivity index (χ2n) is 8.02. The quantitative estimate of drug-likeness (QED) is 0.186. The maximum absolute atomic E-state index is 12.8. The predicted octanol–water partition coefficient (Wildman–Crippen LogP) is 5.86. The summed E-state index contributed by atoms with van der Waals surface area (Å²) in [4.78, 5) is 25.4. The van der Waals surface area contributed by atoms with Gasteiger partial charge in [-0.3, -0.25) is 4.79 Å². The van der Waals surface area contributed by atoms with E-state index in [1.54, 1.807) is 29.2 Å². The first-order chi connectivity index (χ1) is 18.3. The number of carbonyl (C=O) groups is 2. The van der Waals surface area contributed by atoms with Crippen molar-refractivity contribution in [1.82, 2.24) is 14.8 Å². The Morgan fingerprint density at radius 1 is 1.08 bits per heavy atom. The van der Waals surface area contributed by atoms with E-state index in [9.17, 15) is 9.59 Å². The molecule has 0 fully saturated rings. The van der Waals surface area contributed by atoms with E-state index in [1.807, 2.05) is 50.4 Å². The van der Waals surface area contributed by atoms with E-state index in [4.69, 9.17) is 25.8 Å². The van der Waals surface area contributed by atoms with Crippen molar-refractivity contribution in [2.24, 2.45) is 7.05 Å². The van der Waals surface area contributed by atoms with E-state index < -0.39 is 5.97 Å². The van der Waals surface area contributed by atoms with Crippen molar-refractivity contribution in [2.75, 3.05) is 25.3 Å². The molecule has 0 radical (unpaired) electrons. The fourth-order valence-electron chi connectivity index (χ4n) is 3.61. The van der Waals surface area contributed by atoms with E-state index in [0.717, 1.165) is 11.3 Å². The molecule has 4 rings (SSSR count). The number of hydrogen-bond acceptors (Lipinski definition) is 9. The van der Waals surface area contributed by atoms with Gasteiger partial charge in [0.1, 0.15) is 22.1 Å². The summed E-state index contributed by atoms with van der Waals surface area (Å²) in [5, 5.41) is 14.6. The number of methoxy groups -OCH3 is 2. The van der Waals surface area contributed by atoms with Gasteiger partial charge in [-0.15, -0.1) is 21.5 Å². The van der Waals surface area contributed by atoms with Gasteiger partial charge in [0.05, 0.1) is 20.0 Å². The fraction of sp³-hybridized carbons (Fsp3) is 0.231. The fourth-order valence-corrected chi connectivity index (χ4v) is 5.42. The van der Waals surface area contributed by atoms with E-state index >= 15 is 0 Å². The Balaban J connectivity index is 1.41. The summed E-state index contributed by atoms with van der Waals surface area (Å²) in [7, 11) is 4.73. The predicted molar refractivity (Wildman–Crippen MR) is 148 cm³/mol. The molecular formula is C26H25ClN4O5S2. The number of thiophene rings is 1. The molecule has 0 aliphatic rings. The highest BCUT2D eigenvalue weighted by molar-refractivity contribution is 7.99. The second-order valence-corrected chi connectivity index (χ2v) is 10.3. The molecule has 2 heterocycles. The Labute approximate surface area is 233 Å². The molecule has 38 heavy (non-hydrogen) atoms. The number of hydrogen-bond donors (Lipinski definition) is 1. The maximum Gasteiger partial charge on any atom is 0.341 e. The summed E-state index contributed by atoms with van der Waals surface area (Å²) in [6.45, 7) is 1.87. The Kier molecular flexibility index (Phi) is 8.93. The van der Waals surface area contributed by atoms with Crippen LogP contribution in [0.25, 0.3) is 11.1 Å². The number of nitrogens with one attached hydrogen (secondary N) is 1. The van der Waals surface area contributed by atoms with Crippen molar-refractivity contribution in [3.05, 3.63) is 70.3 Å². The maximum atomic E-state index is 12.8. The number of benzene rings is 2. The molecular weight excluding hydrogens is 548 g/mol. The number of amides is 1. The number of halogens is 1. The Morgan fingerprint density at radius 3 is 2.42 bits per heavy atom. The van der Waals surface area contributed by atoms with Crippen LogP contribution in [0.15, 0.2) is 59.1 Å². The van der Waals surface area contributed by atoms with Gasteiger partial charge < -0.3 is 24.1 Å². The Hall–Kier alpha value is -3.54. The van der Waals surface area contributed by atoms with Gasteiger partial charge >= 0.3 is 5.97 Å². The first kappa shape index (κ1) is 27.5. The molecule has 1 amide bonds. The number of thioether (sulfide) groups is 1. The lowest BCUT2D eigenvalue weighted by Gasteiger charge is -2.14. The summed E-state index contributed by atoms with van der Waals surface area (Å²) < 4.78 is 17.9. The zero-order chi connectivity index (χ0) is 27.2. The third kappa shape index (κ3) is 6.29. The third-order valence-electron chi connectivity index (χ3n) is 5.53. The van der Waals surface area contributed by atoms with Crippen molar-refractivity contribution in [2.45, 2.75) is 18.2 Å². The summed E-state index contributed by atoms with van der Waals surface area (Å²) in [5.74, 6) is 1.25. The van der Waals surface area contributed by atoms with Crippen molar-refractivity contribution >= 4 is 51.6 Å². The van der Waals surface area contributed by atoms with Gasteiger partial charge in [-0.05, 0) is 48.9 Å². The first-order valence-electron chi connectivity index (χ1n) is 11.4. The van der Waals surface area contributed by atoms with Gasteiger partial charge in [-0.2, -0.15) is 0 Å². The van der Waals surface area contributed by atoms with Crippen LogP contribution in [0.1, 0.15) is 29.2 Å². The highest BCUT2D eigenvalue weighted by Crippen LogP contribution is 2.37. The molecule has 0 aliphatic heterocycles. The average molecular weight is 573 g/mol. The molecule has 0 bridgehead atoms. The molecule has 1 unspecified atom stereocenters. The highest BCUT2D eigenvalue weighted by atomic mass is 35.5. The highest BCUT2D eigenvalue weighted by Gasteiger charge is 2.23.